The van der Waals surface area contributed by atoms with Crippen LogP contribution in [0.1, 0.15) is 36.3 Å². The van der Waals surface area contributed by atoms with E-state index in [4.69, 9.17) is 4.52 Å². The van der Waals surface area contributed by atoms with Crippen molar-refractivity contribution in [3.63, 3.8) is 0 Å². The monoisotopic (exact) mass is 409 g/mol. The molecular formula is C22H24FN5O2. The maximum Gasteiger partial charge on any atom is 0.230 e. The second-order valence-corrected chi connectivity index (χ2v) is 8.31. The molecule has 1 aromatic carbocycles. The highest BCUT2D eigenvalue weighted by atomic mass is 19.1. The summed E-state index contributed by atoms with van der Waals surface area (Å²) in [4.78, 5) is 17.2. The number of fused-ring (bicyclic) bond motifs is 2. The van der Waals surface area contributed by atoms with Gasteiger partial charge < -0.3 is 4.52 Å². The molecule has 2 aliphatic heterocycles. The molecule has 7 nitrogen and oxygen atoms in total. The molecule has 0 N–H and O–H groups in total. The molecule has 30 heavy (non-hydrogen) atoms. The highest BCUT2D eigenvalue weighted by Gasteiger charge is 2.45. The third-order valence-electron chi connectivity index (χ3n) is 6.23. The highest BCUT2D eigenvalue weighted by Crippen LogP contribution is 2.41. The van der Waals surface area contributed by atoms with E-state index in [1.54, 1.807) is 11.1 Å². The van der Waals surface area contributed by atoms with Gasteiger partial charge in [-0.15, -0.1) is 0 Å². The summed E-state index contributed by atoms with van der Waals surface area (Å²) in [6, 6.07) is 10.4. The van der Waals surface area contributed by atoms with E-state index in [0.717, 1.165) is 55.3 Å². The third kappa shape index (κ3) is 3.41. The van der Waals surface area contributed by atoms with Crippen molar-refractivity contribution in [2.45, 2.75) is 44.8 Å². The van der Waals surface area contributed by atoms with E-state index in [0.29, 0.717) is 13.0 Å². The molecule has 1 amide bonds. The van der Waals surface area contributed by atoms with E-state index in [-0.39, 0.29) is 17.3 Å². The van der Waals surface area contributed by atoms with Crippen molar-refractivity contribution in [2.24, 2.45) is 0 Å². The van der Waals surface area contributed by atoms with Crippen LogP contribution in [-0.2, 0) is 23.4 Å². The van der Waals surface area contributed by atoms with Crippen molar-refractivity contribution in [2.75, 3.05) is 18.0 Å². The number of likely N-dealkylation sites (tertiary alicyclic amines) is 1. The molecule has 0 unspecified atom stereocenters. The molecular weight excluding hydrogens is 385 g/mol. The van der Waals surface area contributed by atoms with Crippen molar-refractivity contribution in [1.82, 2.24) is 19.8 Å². The Kier molecular flexibility index (Phi) is 4.66. The number of hydrogen-bond acceptors (Lipinski definition) is 5. The lowest BCUT2D eigenvalue weighted by molar-refractivity contribution is -0.123. The fraction of sp³-hybridized carbons (Fsp3) is 0.409. The largest absolute Gasteiger partial charge is 0.361 e. The summed E-state index contributed by atoms with van der Waals surface area (Å²) in [5.41, 5.74) is 1.55. The van der Waals surface area contributed by atoms with Crippen LogP contribution in [0.5, 0.6) is 0 Å². The van der Waals surface area contributed by atoms with Gasteiger partial charge in [-0.05, 0) is 37.5 Å². The van der Waals surface area contributed by atoms with Crippen LogP contribution in [0.2, 0.25) is 0 Å². The first kappa shape index (κ1) is 19.0. The average molecular weight is 409 g/mol. The van der Waals surface area contributed by atoms with Gasteiger partial charge in [0.2, 0.25) is 5.91 Å². The van der Waals surface area contributed by atoms with Crippen LogP contribution < -0.4 is 4.90 Å². The van der Waals surface area contributed by atoms with Gasteiger partial charge in [-0.2, -0.15) is 5.10 Å². The molecule has 8 heteroatoms. The lowest BCUT2D eigenvalue weighted by Gasteiger charge is -2.46. The molecule has 5 rings (SSSR count). The van der Waals surface area contributed by atoms with Crippen LogP contribution in [0, 0.1) is 12.7 Å². The summed E-state index contributed by atoms with van der Waals surface area (Å²) in [6.45, 7) is 4.74. The summed E-state index contributed by atoms with van der Waals surface area (Å²) in [5.74, 6) is 1.43. The minimum Gasteiger partial charge on any atom is -0.361 e. The molecule has 3 aromatic rings. The van der Waals surface area contributed by atoms with Crippen molar-refractivity contribution in [3.05, 3.63) is 65.4 Å². The Labute approximate surface area is 174 Å². The average Bonchev–Trinajstić information content (AvgIpc) is 3.38. The van der Waals surface area contributed by atoms with Crippen LogP contribution in [0.15, 0.2) is 47.1 Å². The van der Waals surface area contributed by atoms with E-state index >= 15 is 0 Å². The van der Waals surface area contributed by atoms with Crippen molar-refractivity contribution in [3.8, 4) is 0 Å². The molecule has 1 saturated heterocycles. The number of piperidine rings is 1. The quantitative estimate of drug-likeness (QED) is 0.662. The number of amides is 1. The maximum absolute atomic E-state index is 13.2. The molecule has 1 spiro atoms. The van der Waals surface area contributed by atoms with Gasteiger partial charge in [-0.25, -0.2) is 9.07 Å². The number of benzene rings is 1. The fourth-order valence-electron chi connectivity index (χ4n) is 4.63. The normalized spacial score (nSPS) is 18.7. The van der Waals surface area contributed by atoms with Gasteiger partial charge in [0.25, 0.3) is 0 Å². The second kappa shape index (κ2) is 7.36. The number of halogens is 1. The zero-order valence-corrected chi connectivity index (χ0v) is 16.9. The van der Waals surface area contributed by atoms with Crippen molar-refractivity contribution >= 4 is 11.7 Å². The fourth-order valence-corrected chi connectivity index (χ4v) is 4.63. The Morgan fingerprint density at radius 1 is 1.13 bits per heavy atom. The summed E-state index contributed by atoms with van der Waals surface area (Å²) in [5, 5.41) is 8.63. The Morgan fingerprint density at radius 2 is 1.90 bits per heavy atom. The predicted octanol–water partition coefficient (Wildman–Crippen LogP) is 3.25. The third-order valence-corrected chi connectivity index (χ3v) is 6.23. The zero-order valence-electron chi connectivity index (χ0n) is 16.9. The number of aryl methyl sites for hydroxylation is 1. The van der Waals surface area contributed by atoms with Crippen LogP contribution >= 0.6 is 0 Å². The van der Waals surface area contributed by atoms with Gasteiger partial charge in [-0.3, -0.25) is 14.6 Å². The molecule has 1 fully saturated rings. The molecule has 4 heterocycles. The zero-order chi connectivity index (χ0) is 20.7. The van der Waals surface area contributed by atoms with E-state index in [2.05, 4.69) is 15.2 Å². The van der Waals surface area contributed by atoms with E-state index in [1.165, 1.54) is 12.1 Å². The van der Waals surface area contributed by atoms with Crippen LogP contribution in [0.3, 0.4) is 0 Å². The topological polar surface area (TPSA) is 67.4 Å². The number of hydrogen-bond donors (Lipinski definition) is 0. The maximum atomic E-state index is 13.2. The van der Waals surface area contributed by atoms with Crippen molar-refractivity contribution in [1.29, 1.82) is 0 Å². The first-order chi connectivity index (χ1) is 14.5. The van der Waals surface area contributed by atoms with E-state index in [9.17, 15) is 9.18 Å². The summed E-state index contributed by atoms with van der Waals surface area (Å²) < 4.78 is 20.3. The number of carbonyl (C=O) groups excluding carboxylic acids is 1. The molecule has 0 bridgehead atoms. The van der Waals surface area contributed by atoms with Gasteiger partial charge in [-0.1, -0.05) is 17.3 Å². The van der Waals surface area contributed by atoms with E-state index in [1.807, 2.05) is 35.9 Å². The number of rotatable bonds is 4. The van der Waals surface area contributed by atoms with Crippen LogP contribution in [0.4, 0.5) is 10.2 Å². The second-order valence-electron chi connectivity index (χ2n) is 8.31. The van der Waals surface area contributed by atoms with Crippen LogP contribution in [0.25, 0.3) is 0 Å². The Hall–Kier alpha value is -3.00. The predicted molar refractivity (Wildman–Crippen MR) is 108 cm³/mol. The van der Waals surface area contributed by atoms with Crippen molar-refractivity contribution < 1.29 is 13.7 Å². The molecule has 2 aromatic heterocycles. The Bertz CT molecular complexity index is 1050. The lowest BCUT2D eigenvalue weighted by atomic mass is 9.82. The molecule has 2 aliphatic rings. The lowest BCUT2D eigenvalue weighted by Crippen LogP contribution is -2.53. The van der Waals surface area contributed by atoms with Crippen LogP contribution in [-0.4, -0.2) is 38.8 Å². The molecule has 0 saturated carbocycles. The summed E-state index contributed by atoms with van der Waals surface area (Å²) in [7, 11) is 0. The van der Waals surface area contributed by atoms with Gasteiger partial charge in [0.05, 0.1) is 24.7 Å². The minimum absolute atomic E-state index is 0.0932. The first-order valence-electron chi connectivity index (χ1n) is 10.3. The Balaban J connectivity index is 1.32. The summed E-state index contributed by atoms with van der Waals surface area (Å²) >= 11 is 0. The first-order valence-corrected chi connectivity index (χ1v) is 10.3. The molecule has 0 radical (unpaired) electrons. The number of carbonyl (C=O) groups is 1. The minimum atomic E-state index is -0.286. The number of nitrogens with zero attached hydrogens (tertiary/aromatic N) is 5. The standard InChI is InChI=1S/C22H24FN5O2/c1-16-12-19(25-30-16)15-27-20-6-9-24-28(20)22(13-21(27)29)7-10-26(11-8-22)14-17-2-4-18(23)5-3-17/h2-6,9,12H,7-8,10-11,13-15H2,1H3. The smallest absolute Gasteiger partial charge is 0.230 e. The van der Waals surface area contributed by atoms with Gasteiger partial charge in [0, 0.05) is 31.8 Å². The van der Waals surface area contributed by atoms with Gasteiger partial charge >= 0.3 is 0 Å². The molecule has 156 valence electrons. The molecule has 0 aliphatic carbocycles. The SMILES string of the molecule is Cc1cc(CN2C(=O)CC3(CCN(Cc4ccc(F)cc4)CC3)n3nccc32)no1. The van der Waals surface area contributed by atoms with Gasteiger partial charge in [0.15, 0.2) is 0 Å². The number of aromatic nitrogens is 3. The molecule has 0 atom stereocenters. The van der Waals surface area contributed by atoms with E-state index < -0.39 is 0 Å². The van der Waals surface area contributed by atoms with Gasteiger partial charge in [0.1, 0.15) is 23.1 Å². The summed E-state index contributed by atoms with van der Waals surface area (Å²) in [6.07, 6.45) is 3.90. The number of anilines is 1. The Morgan fingerprint density at radius 3 is 2.60 bits per heavy atom. The highest BCUT2D eigenvalue weighted by molar-refractivity contribution is 5.94.